The van der Waals surface area contributed by atoms with Crippen LogP contribution in [0.15, 0.2) is 36.4 Å². The summed E-state index contributed by atoms with van der Waals surface area (Å²) in [6, 6.07) is 11.6. The Kier molecular flexibility index (Phi) is 2.91. The number of ether oxygens (including phenoxy) is 4. The third-order valence-corrected chi connectivity index (χ3v) is 3.09. The molecule has 0 saturated carbocycles. The molecule has 1 aliphatic heterocycles. The van der Waals surface area contributed by atoms with Crippen molar-refractivity contribution in [1.82, 2.24) is 0 Å². The van der Waals surface area contributed by atoms with Crippen LogP contribution in [0.4, 0.5) is 0 Å². The van der Waals surface area contributed by atoms with Crippen molar-refractivity contribution < 1.29 is 18.9 Å². The SMILES string of the molecule is COc1cccc(-c2cccc3c2OCO3)c1OC. The standard InChI is InChI=1S/C15H14O4/c1-16-12-7-3-5-10(14(12)17-2)11-6-4-8-13-15(11)19-9-18-13/h3-8H,9H2,1-2H3. The first-order valence-corrected chi connectivity index (χ1v) is 5.95. The highest BCUT2D eigenvalue weighted by atomic mass is 16.7. The van der Waals surface area contributed by atoms with Crippen molar-refractivity contribution in [2.75, 3.05) is 21.0 Å². The third-order valence-electron chi connectivity index (χ3n) is 3.09. The summed E-state index contributed by atoms with van der Waals surface area (Å²) in [5, 5.41) is 0. The van der Waals surface area contributed by atoms with Gasteiger partial charge in [0.25, 0.3) is 0 Å². The number of hydrogen-bond acceptors (Lipinski definition) is 4. The average Bonchev–Trinajstić information content (AvgIpc) is 2.94. The van der Waals surface area contributed by atoms with Crippen LogP contribution in [0, 0.1) is 0 Å². The van der Waals surface area contributed by atoms with Gasteiger partial charge in [-0.1, -0.05) is 24.3 Å². The van der Waals surface area contributed by atoms with E-state index in [1.807, 2.05) is 36.4 Å². The van der Waals surface area contributed by atoms with E-state index in [4.69, 9.17) is 18.9 Å². The fraction of sp³-hybridized carbons (Fsp3) is 0.200. The second kappa shape index (κ2) is 4.72. The minimum absolute atomic E-state index is 0.249. The molecule has 98 valence electrons. The monoisotopic (exact) mass is 258 g/mol. The highest BCUT2D eigenvalue weighted by Gasteiger charge is 2.21. The minimum Gasteiger partial charge on any atom is -0.493 e. The van der Waals surface area contributed by atoms with E-state index in [1.54, 1.807) is 14.2 Å². The van der Waals surface area contributed by atoms with Crippen molar-refractivity contribution in [1.29, 1.82) is 0 Å². The van der Waals surface area contributed by atoms with Gasteiger partial charge in [-0.3, -0.25) is 0 Å². The lowest BCUT2D eigenvalue weighted by atomic mass is 10.0. The zero-order chi connectivity index (χ0) is 13.2. The Balaban J connectivity index is 2.20. The van der Waals surface area contributed by atoms with Crippen LogP contribution in [0.2, 0.25) is 0 Å². The summed E-state index contributed by atoms with van der Waals surface area (Å²) in [4.78, 5) is 0. The summed E-state index contributed by atoms with van der Waals surface area (Å²) < 4.78 is 21.7. The molecule has 4 nitrogen and oxygen atoms in total. The van der Waals surface area contributed by atoms with Gasteiger partial charge in [-0.15, -0.1) is 0 Å². The first-order valence-electron chi connectivity index (χ1n) is 5.95. The van der Waals surface area contributed by atoms with Gasteiger partial charge in [0, 0.05) is 11.1 Å². The lowest BCUT2D eigenvalue weighted by Gasteiger charge is -2.13. The summed E-state index contributed by atoms with van der Waals surface area (Å²) >= 11 is 0. The van der Waals surface area contributed by atoms with Crippen LogP contribution in [0.1, 0.15) is 0 Å². The molecule has 0 amide bonds. The number of rotatable bonds is 3. The van der Waals surface area contributed by atoms with Crippen LogP contribution < -0.4 is 18.9 Å². The van der Waals surface area contributed by atoms with E-state index in [1.165, 1.54) is 0 Å². The van der Waals surface area contributed by atoms with Crippen molar-refractivity contribution in [2.45, 2.75) is 0 Å². The summed E-state index contributed by atoms with van der Waals surface area (Å²) in [5.74, 6) is 2.88. The summed E-state index contributed by atoms with van der Waals surface area (Å²) in [6.45, 7) is 0.249. The van der Waals surface area contributed by atoms with E-state index in [2.05, 4.69) is 0 Å². The zero-order valence-corrected chi connectivity index (χ0v) is 10.8. The van der Waals surface area contributed by atoms with E-state index in [0.717, 1.165) is 22.6 Å². The average molecular weight is 258 g/mol. The molecule has 0 aromatic heterocycles. The molecule has 2 aromatic rings. The normalized spacial score (nSPS) is 12.3. The van der Waals surface area contributed by atoms with Crippen LogP contribution in [-0.4, -0.2) is 21.0 Å². The number of hydrogen-bond donors (Lipinski definition) is 0. The van der Waals surface area contributed by atoms with Gasteiger partial charge in [-0.2, -0.15) is 0 Å². The van der Waals surface area contributed by atoms with E-state index in [9.17, 15) is 0 Å². The molecular weight excluding hydrogens is 244 g/mol. The Morgan fingerprint density at radius 1 is 0.895 bits per heavy atom. The number of methoxy groups -OCH3 is 2. The largest absolute Gasteiger partial charge is 0.493 e. The van der Waals surface area contributed by atoms with Gasteiger partial charge >= 0.3 is 0 Å². The van der Waals surface area contributed by atoms with Gasteiger partial charge in [-0.05, 0) is 12.1 Å². The predicted octanol–water partition coefficient (Wildman–Crippen LogP) is 3.10. The Morgan fingerprint density at radius 3 is 2.47 bits per heavy atom. The fourth-order valence-corrected chi connectivity index (χ4v) is 2.24. The first kappa shape index (κ1) is 11.7. The maximum atomic E-state index is 5.54. The second-order valence-corrected chi connectivity index (χ2v) is 4.08. The molecule has 0 saturated heterocycles. The van der Waals surface area contributed by atoms with Crippen LogP contribution in [0.25, 0.3) is 11.1 Å². The van der Waals surface area contributed by atoms with Crippen molar-refractivity contribution in [3.05, 3.63) is 36.4 Å². The van der Waals surface area contributed by atoms with Crippen LogP contribution >= 0.6 is 0 Å². The molecule has 2 aromatic carbocycles. The van der Waals surface area contributed by atoms with Crippen molar-refractivity contribution >= 4 is 0 Å². The quantitative estimate of drug-likeness (QED) is 0.847. The fourth-order valence-electron chi connectivity index (χ4n) is 2.24. The molecule has 0 N–H and O–H groups in total. The smallest absolute Gasteiger partial charge is 0.231 e. The van der Waals surface area contributed by atoms with Crippen molar-refractivity contribution in [2.24, 2.45) is 0 Å². The van der Waals surface area contributed by atoms with Crippen molar-refractivity contribution in [3.63, 3.8) is 0 Å². The molecule has 0 bridgehead atoms. The molecule has 0 unspecified atom stereocenters. The molecular formula is C15H14O4. The molecule has 0 fully saturated rings. The highest BCUT2D eigenvalue weighted by molar-refractivity contribution is 5.80. The molecule has 0 radical (unpaired) electrons. The molecule has 0 atom stereocenters. The van der Waals surface area contributed by atoms with Crippen molar-refractivity contribution in [3.8, 4) is 34.1 Å². The maximum absolute atomic E-state index is 5.54. The summed E-state index contributed by atoms with van der Waals surface area (Å²) in [5.41, 5.74) is 1.86. The maximum Gasteiger partial charge on any atom is 0.231 e. The topological polar surface area (TPSA) is 36.9 Å². The molecule has 0 spiro atoms. The Labute approximate surface area is 111 Å². The van der Waals surface area contributed by atoms with Crippen LogP contribution in [0.5, 0.6) is 23.0 Å². The van der Waals surface area contributed by atoms with E-state index in [0.29, 0.717) is 11.5 Å². The highest BCUT2D eigenvalue weighted by Crippen LogP contribution is 2.46. The predicted molar refractivity (Wildman–Crippen MR) is 71.1 cm³/mol. The van der Waals surface area contributed by atoms with Gasteiger partial charge in [0.2, 0.25) is 6.79 Å². The van der Waals surface area contributed by atoms with Gasteiger partial charge in [0.1, 0.15) is 0 Å². The molecule has 1 heterocycles. The van der Waals surface area contributed by atoms with E-state index < -0.39 is 0 Å². The summed E-state index contributed by atoms with van der Waals surface area (Å²) in [7, 11) is 3.25. The van der Waals surface area contributed by atoms with Gasteiger partial charge in [-0.25, -0.2) is 0 Å². The second-order valence-electron chi connectivity index (χ2n) is 4.08. The summed E-state index contributed by atoms with van der Waals surface area (Å²) in [6.07, 6.45) is 0. The number of fused-ring (bicyclic) bond motifs is 1. The minimum atomic E-state index is 0.249. The van der Waals surface area contributed by atoms with Gasteiger partial charge in [0.15, 0.2) is 23.0 Å². The third kappa shape index (κ3) is 1.85. The number of para-hydroxylation sites is 2. The first-order chi connectivity index (χ1) is 9.35. The molecule has 3 rings (SSSR count). The van der Waals surface area contributed by atoms with Gasteiger partial charge < -0.3 is 18.9 Å². The molecule has 1 aliphatic rings. The Hall–Kier alpha value is -2.36. The molecule has 19 heavy (non-hydrogen) atoms. The Morgan fingerprint density at radius 2 is 1.68 bits per heavy atom. The molecule has 0 aliphatic carbocycles. The zero-order valence-electron chi connectivity index (χ0n) is 10.8. The van der Waals surface area contributed by atoms with E-state index in [-0.39, 0.29) is 6.79 Å². The lowest BCUT2D eigenvalue weighted by Crippen LogP contribution is -1.95. The molecule has 4 heteroatoms. The Bertz CT molecular complexity index is 607. The van der Waals surface area contributed by atoms with Crippen LogP contribution in [0.3, 0.4) is 0 Å². The lowest BCUT2D eigenvalue weighted by molar-refractivity contribution is 0.174. The van der Waals surface area contributed by atoms with E-state index >= 15 is 0 Å². The van der Waals surface area contributed by atoms with Gasteiger partial charge in [0.05, 0.1) is 14.2 Å². The van der Waals surface area contributed by atoms with Crippen LogP contribution in [-0.2, 0) is 0 Å². The number of benzene rings is 2.